The molecule has 0 radical (unpaired) electrons. The zero-order valence-electron chi connectivity index (χ0n) is 13.0. The summed E-state index contributed by atoms with van der Waals surface area (Å²) in [6.07, 6.45) is 7.16. The number of amides is 1. The minimum Gasteiger partial charge on any atom is -0.352 e. The zero-order valence-corrected chi connectivity index (χ0v) is 13.8. The van der Waals surface area contributed by atoms with E-state index >= 15 is 0 Å². The van der Waals surface area contributed by atoms with E-state index in [-0.39, 0.29) is 18.0 Å². The van der Waals surface area contributed by atoms with Crippen LogP contribution in [0.3, 0.4) is 0 Å². The molecular formula is C17H26N2OS. The number of rotatable bonds is 4. The fourth-order valence-electron chi connectivity index (χ4n) is 3.81. The SMILES string of the molecule is Cc1ccc(CC(C)NC(=O)C2CC3CCCCC3N2)s1. The Morgan fingerprint density at radius 1 is 1.43 bits per heavy atom. The van der Waals surface area contributed by atoms with Crippen molar-refractivity contribution in [2.45, 2.75) is 70.5 Å². The summed E-state index contributed by atoms with van der Waals surface area (Å²) in [4.78, 5) is 15.1. The van der Waals surface area contributed by atoms with Crippen LogP contribution in [0.15, 0.2) is 12.1 Å². The molecule has 116 valence electrons. The van der Waals surface area contributed by atoms with Gasteiger partial charge in [0, 0.05) is 28.3 Å². The van der Waals surface area contributed by atoms with E-state index < -0.39 is 0 Å². The largest absolute Gasteiger partial charge is 0.352 e. The molecule has 4 unspecified atom stereocenters. The van der Waals surface area contributed by atoms with Crippen molar-refractivity contribution in [3.8, 4) is 0 Å². The van der Waals surface area contributed by atoms with Gasteiger partial charge in [-0.2, -0.15) is 0 Å². The molecule has 2 aliphatic rings. The molecular weight excluding hydrogens is 280 g/mol. The standard InChI is InChI=1S/C17H26N2OS/c1-11(9-14-8-7-12(2)21-14)18-17(20)16-10-13-5-3-4-6-15(13)19-16/h7-8,11,13,15-16,19H,3-6,9-10H2,1-2H3,(H,18,20). The molecule has 2 N–H and O–H groups in total. The summed E-state index contributed by atoms with van der Waals surface area (Å²) in [5.74, 6) is 0.926. The smallest absolute Gasteiger partial charge is 0.237 e. The molecule has 1 aromatic rings. The van der Waals surface area contributed by atoms with Crippen LogP contribution < -0.4 is 10.6 Å². The normalized spacial score (nSPS) is 29.9. The highest BCUT2D eigenvalue weighted by Crippen LogP contribution is 2.33. The molecule has 1 aromatic heterocycles. The summed E-state index contributed by atoms with van der Waals surface area (Å²) in [7, 11) is 0. The van der Waals surface area contributed by atoms with E-state index in [0.29, 0.717) is 6.04 Å². The molecule has 3 nitrogen and oxygen atoms in total. The fraction of sp³-hybridized carbons (Fsp3) is 0.706. The lowest BCUT2D eigenvalue weighted by atomic mass is 9.85. The fourth-order valence-corrected chi connectivity index (χ4v) is 4.83. The molecule has 4 heteroatoms. The monoisotopic (exact) mass is 306 g/mol. The molecule has 0 spiro atoms. The van der Waals surface area contributed by atoms with E-state index in [0.717, 1.165) is 18.8 Å². The third kappa shape index (κ3) is 3.67. The van der Waals surface area contributed by atoms with Crippen molar-refractivity contribution in [2.75, 3.05) is 0 Å². The van der Waals surface area contributed by atoms with Crippen LogP contribution in [0.5, 0.6) is 0 Å². The Morgan fingerprint density at radius 3 is 2.95 bits per heavy atom. The minimum absolute atomic E-state index is 0.0330. The highest BCUT2D eigenvalue weighted by atomic mass is 32.1. The van der Waals surface area contributed by atoms with Crippen molar-refractivity contribution in [1.82, 2.24) is 10.6 Å². The second kappa shape index (κ2) is 6.49. The van der Waals surface area contributed by atoms with Crippen LogP contribution in [-0.4, -0.2) is 24.0 Å². The average molecular weight is 306 g/mol. The minimum atomic E-state index is 0.0330. The summed E-state index contributed by atoms with van der Waals surface area (Å²) in [5, 5.41) is 6.75. The maximum Gasteiger partial charge on any atom is 0.237 e. The van der Waals surface area contributed by atoms with Crippen LogP contribution in [0, 0.1) is 12.8 Å². The summed E-state index contributed by atoms with van der Waals surface area (Å²) < 4.78 is 0. The first-order chi connectivity index (χ1) is 10.1. The average Bonchev–Trinajstić information content (AvgIpc) is 3.04. The Balaban J connectivity index is 1.49. The van der Waals surface area contributed by atoms with Gasteiger partial charge in [0.25, 0.3) is 0 Å². The van der Waals surface area contributed by atoms with Crippen molar-refractivity contribution in [2.24, 2.45) is 5.92 Å². The van der Waals surface area contributed by atoms with E-state index in [2.05, 4.69) is 36.6 Å². The van der Waals surface area contributed by atoms with Gasteiger partial charge < -0.3 is 10.6 Å². The van der Waals surface area contributed by atoms with Crippen molar-refractivity contribution in [1.29, 1.82) is 0 Å². The first kappa shape index (κ1) is 15.0. The molecule has 3 rings (SSSR count). The van der Waals surface area contributed by atoms with Gasteiger partial charge in [0.2, 0.25) is 5.91 Å². The van der Waals surface area contributed by atoms with Crippen LogP contribution in [0.1, 0.15) is 48.8 Å². The molecule has 0 aromatic carbocycles. The van der Waals surface area contributed by atoms with Crippen LogP contribution in [0.25, 0.3) is 0 Å². The van der Waals surface area contributed by atoms with Crippen LogP contribution in [-0.2, 0) is 11.2 Å². The van der Waals surface area contributed by atoms with Gasteiger partial charge >= 0.3 is 0 Å². The van der Waals surface area contributed by atoms with Crippen molar-refractivity contribution in [3.05, 3.63) is 21.9 Å². The Morgan fingerprint density at radius 2 is 2.24 bits per heavy atom. The highest BCUT2D eigenvalue weighted by Gasteiger charge is 2.38. The first-order valence-electron chi connectivity index (χ1n) is 8.23. The van der Waals surface area contributed by atoms with Gasteiger partial charge in [-0.15, -0.1) is 11.3 Å². The molecule has 2 fully saturated rings. The summed E-state index contributed by atoms with van der Waals surface area (Å²) in [6, 6.07) is 5.15. The van der Waals surface area contributed by atoms with Crippen LogP contribution >= 0.6 is 11.3 Å². The van der Waals surface area contributed by atoms with Crippen molar-refractivity contribution in [3.63, 3.8) is 0 Å². The number of carbonyl (C=O) groups is 1. The molecule has 1 saturated carbocycles. The Kier molecular flexibility index (Phi) is 4.65. The molecule has 1 amide bonds. The zero-order chi connectivity index (χ0) is 14.8. The van der Waals surface area contributed by atoms with E-state index in [1.165, 1.54) is 35.4 Å². The van der Waals surface area contributed by atoms with Gasteiger partial charge in [0.05, 0.1) is 6.04 Å². The second-order valence-corrected chi connectivity index (χ2v) is 8.10. The second-order valence-electron chi connectivity index (χ2n) is 6.73. The van der Waals surface area contributed by atoms with Crippen LogP contribution in [0.4, 0.5) is 0 Å². The molecule has 2 heterocycles. The van der Waals surface area contributed by atoms with E-state index in [1.807, 2.05) is 11.3 Å². The van der Waals surface area contributed by atoms with E-state index in [1.54, 1.807) is 0 Å². The topological polar surface area (TPSA) is 41.1 Å². The molecule has 1 aliphatic carbocycles. The lowest BCUT2D eigenvalue weighted by molar-refractivity contribution is -0.123. The third-order valence-corrected chi connectivity index (χ3v) is 5.89. The van der Waals surface area contributed by atoms with Gasteiger partial charge in [0.15, 0.2) is 0 Å². The number of hydrogen-bond acceptors (Lipinski definition) is 3. The molecule has 1 aliphatic heterocycles. The van der Waals surface area contributed by atoms with Crippen molar-refractivity contribution < 1.29 is 4.79 Å². The predicted molar refractivity (Wildman–Crippen MR) is 87.7 cm³/mol. The number of nitrogens with one attached hydrogen (secondary N) is 2. The highest BCUT2D eigenvalue weighted by molar-refractivity contribution is 7.11. The maximum atomic E-state index is 12.4. The number of hydrogen-bond donors (Lipinski definition) is 2. The van der Waals surface area contributed by atoms with Crippen molar-refractivity contribution >= 4 is 17.2 Å². The number of thiophene rings is 1. The lowest BCUT2D eigenvalue weighted by Gasteiger charge is -2.24. The van der Waals surface area contributed by atoms with Gasteiger partial charge in [0.1, 0.15) is 0 Å². The Bertz CT molecular complexity index is 485. The quantitative estimate of drug-likeness (QED) is 0.898. The molecule has 1 saturated heterocycles. The first-order valence-corrected chi connectivity index (χ1v) is 9.05. The van der Waals surface area contributed by atoms with E-state index in [4.69, 9.17) is 0 Å². The van der Waals surface area contributed by atoms with Gasteiger partial charge in [-0.3, -0.25) is 4.79 Å². The van der Waals surface area contributed by atoms with Crippen LogP contribution in [0.2, 0.25) is 0 Å². The Hall–Kier alpha value is -0.870. The van der Waals surface area contributed by atoms with Gasteiger partial charge in [-0.1, -0.05) is 12.8 Å². The number of aryl methyl sites for hydroxylation is 1. The lowest BCUT2D eigenvalue weighted by Crippen LogP contribution is -2.46. The number of carbonyl (C=O) groups excluding carboxylic acids is 1. The van der Waals surface area contributed by atoms with Gasteiger partial charge in [-0.25, -0.2) is 0 Å². The maximum absolute atomic E-state index is 12.4. The summed E-state index contributed by atoms with van der Waals surface area (Å²) in [6.45, 7) is 4.23. The molecule has 21 heavy (non-hydrogen) atoms. The number of fused-ring (bicyclic) bond motifs is 1. The molecule has 4 atom stereocenters. The Labute approximate surface area is 131 Å². The predicted octanol–water partition coefficient (Wildman–Crippen LogP) is 3.02. The van der Waals surface area contributed by atoms with E-state index in [9.17, 15) is 4.79 Å². The summed E-state index contributed by atoms with van der Waals surface area (Å²) >= 11 is 1.82. The third-order valence-electron chi connectivity index (χ3n) is 4.87. The summed E-state index contributed by atoms with van der Waals surface area (Å²) in [5.41, 5.74) is 0. The molecule has 0 bridgehead atoms. The van der Waals surface area contributed by atoms with Gasteiger partial charge in [-0.05, 0) is 51.2 Å².